The number of likely N-dealkylation sites (N-methyl/N-ethyl adjacent to an activating group) is 1. The van der Waals surface area contributed by atoms with Crippen molar-refractivity contribution in [3.63, 3.8) is 0 Å². The fourth-order valence-electron chi connectivity index (χ4n) is 3.55. The molecule has 1 aliphatic heterocycles. The SMILES string of the molecule is CCN(CC)C(=O)C(Sc1ccc(S(=O)(=O)N2CCCCC2)cn1)c1ccccc1. The van der Waals surface area contributed by atoms with Crippen LogP contribution in [0.15, 0.2) is 58.6 Å². The van der Waals surface area contributed by atoms with Crippen LogP contribution in [0.5, 0.6) is 0 Å². The fourth-order valence-corrected chi connectivity index (χ4v) is 6.06. The highest BCUT2D eigenvalue weighted by Crippen LogP contribution is 2.36. The molecule has 1 atom stereocenters. The molecule has 0 aliphatic carbocycles. The van der Waals surface area contributed by atoms with Crippen LogP contribution >= 0.6 is 11.8 Å². The van der Waals surface area contributed by atoms with E-state index >= 15 is 0 Å². The van der Waals surface area contributed by atoms with Gasteiger partial charge in [-0.3, -0.25) is 4.79 Å². The average molecular weight is 448 g/mol. The quantitative estimate of drug-likeness (QED) is 0.573. The maximum atomic E-state index is 13.1. The van der Waals surface area contributed by atoms with Gasteiger partial charge in [0, 0.05) is 32.4 Å². The summed E-state index contributed by atoms with van der Waals surface area (Å²) >= 11 is 1.35. The molecular formula is C22H29N3O3S2. The standard InChI is InChI=1S/C22H29N3O3S2/c1-3-24(4-2)22(26)21(18-11-7-5-8-12-18)29-20-14-13-19(17-23-20)30(27,28)25-15-9-6-10-16-25/h5,7-8,11-14,17,21H,3-4,6,9-10,15-16H2,1-2H3. The maximum Gasteiger partial charge on any atom is 0.244 e. The van der Waals surface area contributed by atoms with Gasteiger partial charge in [-0.05, 0) is 44.4 Å². The summed E-state index contributed by atoms with van der Waals surface area (Å²) in [6.07, 6.45) is 4.27. The van der Waals surface area contributed by atoms with Crippen molar-refractivity contribution in [2.24, 2.45) is 0 Å². The number of thioether (sulfide) groups is 1. The highest BCUT2D eigenvalue weighted by Gasteiger charge is 2.28. The van der Waals surface area contributed by atoms with Gasteiger partial charge in [-0.2, -0.15) is 4.31 Å². The first-order valence-electron chi connectivity index (χ1n) is 10.4. The molecule has 8 heteroatoms. The molecule has 1 unspecified atom stereocenters. The normalized spacial score (nSPS) is 16.2. The molecule has 2 heterocycles. The van der Waals surface area contributed by atoms with Crippen molar-refractivity contribution in [1.29, 1.82) is 0 Å². The number of carbonyl (C=O) groups excluding carboxylic acids is 1. The third kappa shape index (κ3) is 5.22. The maximum absolute atomic E-state index is 13.1. The lowest BCUT2D eigenvalue weighted by Gasteiger charge is -2.26. The summed E-state index contributed by atoms with van der Waals surface area (Å²) in [4.78, 5) is 19.5. The average Bonchev–Trinajstić information content (AvgIpc) is 2.79. The Balaban J connectivity index is 1.82. The topological polar surface area (TPSA) is 70.6 Å². The minimum Gasteiger partial charge on any atom is -0.342 e. The minimum atomic E-state index is -3.51. The molecule has 0 N–H and O–H groups in total. The van der Waals surface area contributed by atoms with E-state index in [0.29, 0.717) is 31.2 Å². The van der Waals surface area contributed by atoms with Crippen molar-refractivity contribution in [2.45, 2.75) is 48.3 Å². The zero-order valence-electron chi connectivity index (χ0n) is 17.5. The Bertz CT molecular complexity index is 924. The Morgan fingerprint density at radius 2 is 1.73 bits per heavy atom. The Morgan fingerprint density at radius 3 is 2.30 bits per heavy atom. The van der Waals surface area contributed by atoms with E-state index in [9.17, 15) is 13.2 Å². The van der Waals surface area contributed by atoms with E-state index in [1.807, 2.05) is 44.2 Å². The second-order valence-corrected chi connectivity index (χ2v) is 10.3. The van der Waals surface area contributed by atoms with Gasteiger partial charge in [0.05, 0.1) is 5.03 Å². The summed E-state index contributed by atoms with van der Waals surface area (Å²) in [5.41, 5.74) is 0.909. The largest absolute Gasteiger partial charge is 0.342 e. The monoisotopic (exact) mass is 447 g/mol. The van der Waals surface area contributed by atoms with Crippen molar-refractivity contribution in [3.8, 4) is 0 Å². The Morgan fingerprint density at radius 1 is 1.07 bits per heavy atom. The van der Waals surface area contributed by atoms with Gasteiger partial charge < -0.3 is 4.90 Å². The first-order chi connectivity index (χ1) is 14.5. The number of amides is 1. The molecule has 1 aliphatic rings. The number of nitrogens with zero attached hydrogens (tertiary/aromatic N) is 3. The molecule has 0 radical (unpaired) electrons. The molecule has 1 aromatic carbocycles. The van der Waals surface area contributed by atoms with Crippen LogP contribution in [0, 0.1) is 0 Å². The minimum absolute atomic E-state index is 0.0306. The molecule has 1 amide bonds. The summed E-state index contributed by atoms with van der Waals surface area (Å²) in [5.74, 6) is 0.0306. The van der Waals surface area contributed by atoms with Gasteiger partial charge in [0.15, 0.2) is 0 Å². The number of hydrogen-bond acceptors (Lipinski definition) is 5. The number of benzene rings is 1. The molecule has 1 saturated heterocycles. The zero-order valence-corrected chi connectivity index (χ0v) is 19.2. The number of hydrogen-bond donors (Lipinski definition) is 0. The van der Waals surface area contributed by atoms with Crippen molar-refractivity contribution in [1.82, 2.24) is 14.2 Å². The second-order valence-electron chi connectivity index (χ2n) is 7.22. The van der Waals surface area contributed by atoms with E-state index in [1.165, 1.54) is 22.3 Å². The van der Waals surface area contributed by atoms with Crippen LogP contribution in [-0.4, -0.2) is 54.7 Å². The lowest BCUT2D eigenvalue weighted by atomic mass is 10.1. The van der Waals surface area contributed by atoms with Crippen LogP contribution < -0.4 is 0 Å². The van der Waals surface area contributed by atoms with E-state index in [4.69, 9.17) is 0 Å². The van der Waals surface area contributed by atoms with Crippen molar-refractivity contribution < 1.29 is 13.2 Å². The van der Waals surface area contributed by atoms with Gasteiger partial charge in [-0.1, -0.05) is 48.5 Å². The zero-order chi connectivity index (χ0) is 21.6. The predicted molar refractivity (Wildman–Crippen MR) is 120 cm³/mol. The first-order valence-corrected chi connectivity index (χ1v) is 12.8. The molecule has 0 spiro atoms. The third-order valence-electron chi connectivity index (χ3n) is 5.30. The van der Waals surface area contributed by atoms with E-state index in [0.717, 1.165) is 24.8 Å². The highest BCUT2D eigenvalue weighted by atomic mass is 32.2. The summed E-state index contributed by atoms with van der Waals surface area (Å²) in [6, 6.07) is 12.9. The molecule has 162 valence electrons. The number of piperidine rings is 1. The van der Waals surface area contributed by atoms with Crippen LogP contribution in [0.1, 0.15) is 43.9 Å². The second kappa shape index (κ2) is 10.4. The molecule has 6 nitrogen and oxygen atoms in total. The summed E-state index contributed by atoms with van der Waals surface area (Å²) in [7, 11) is -3.51. The Hall–Kier alpha value is -1.90. The van der Waals surface area contributed by atoms with Crippen molar-refractivity contribution >= 4 is 27.7 Å². The van der Waals surface area contributed by atoms with Gasteiger partial charge in [0.1, 0.15) is 10.1 Å². The van der Waals surface area contributed by atoms with E-state index in [2.05, 4.69) is 4.98 Å². The van der Waals surface area contributed by atoms with Crippen LogP contribution in [0.3, 0.4) is 0 Å². The number of pyridine rings is 1. The molecule has 0 saturated carbocycles. The van der Waals surface area contributed by atoms with E-state index in [-0.39, 0.29) is 10.8 Å². The van der Waals surface area contributed by atoms with Crippen LogP contribution in [0.4, 0.5) is 0 Å². The molecular weight excluding hydrogens is 418 g/mol. The van der Waals surface area contributed by atoms with Gasteiger partial charge in [-0.15, -0.1) is 0 Å². The first kappa shape index (κ1) is 22.8. The Labute approximate surface area is 183 Å². The fraction of sp³-hybridized carbons (Fsp3) is 0.455. The van der Waals surface area contributed by atoms with E-state index in [1.54, 1.807) is 17.0 Å². The van der Waals surface area contributed by atoms with Crippen LogP contribution in [0.2, 0.25) is 0 Å². The highest BCUT2D eigenvalue weighted by molar-refractivity contribution is 8.00. The number of rotatable bonds is 8. The molecule has 1 aromatic heterocycles. The van der Waals surface area contributed by atoms with Crippen molar-refractivity contribution in [2.75, 3.05) is 26.2 Å². The third-order valence-corrected chi connectivity index (χ3v) is 8.38. The van der Waals surface area contributed by atoms with Gasteiger partial charge in [-0.25, -0.2) is 13.4 Å². The van der Waals surface area contributed by atoms with Crippen molar-refractivity contribution in [3.05, 3.63) is 54.2 Å². The molecule has 30 heavy (non-hydrogen) atoms. The smallest absolute Gasteiger partial charge is 0.244 e. The summed E-state index contributed by atoms with van der Waals surface area (Å²) < 4.78 is 27.2. The van der Waals surface area contributed by atoms with E-state index < -0.39 is 15.3 Å². The summed E-state index contributed by atoms with van der Waals surface area (Å²) in [5, 5.41) is 0.199. The number of aromatic nitrogens is 1. The van der Waals surface area contributed by atoms with Gasteiger partial charge >= 0.3 is 0 Å². The number of carbonyl (C=O) groups is 1. The van der Waals surface area contributed by atoms with Gasteiger partial charge in [0.2, 0.25) is 15.9 Å². The molecule has 1 fully saturated rings. The lowest BCUT2D eigenvalue weighted by molar-refractivity contribution is -0.130. The molecule has 3 rings (SSSR count). The number of sulfonamides is 1. The van der Waals surface area contributed by atoms with Crippen LogP contribution in [-0.2, 0) is 14.8 Å². The predicted octanol–water partition coefficient (Wildman–Crippen LogP) is 3.96. The summed E-state index contributed by atoms with van der Waals surface area (Å²) in [6.45, 7) is 6.33. The lowest BCUT2D eigenvalue weighted by Crippen LogP contribution is -2.35. The molecule has 0 bridgehead atoms. The van der Waals surface area contributed by atoms with Crippen LogP contribution in [0.25, 0.3) is 0 Å². The van der Waals surface area contributed by atoms with Gasteiger partial charge in [0.25, 0.3) is 0 Å². The molecule has 2 aromatic rings. The Kier molecular flexibility index (Phi) is 7.91.